The van der Waals surface area contributed by atoms with Crippen molar-refractivity contribution >= 4 is 17.4 Å². The molecule has 0 aromatic heterocycles. The lowest BCUT2D eigenvalue weighted by atomic mass is 10.1. The first kappa shape index (κ1) is 16.4. The Morgan fingerprint density at radius 2 is 1.89 bits per heavy atom. The van der Waals surface area contributed by atoms with Crippen LogP contribution >= 0.6 is 11.8 Å². The topological polar surface area (TPSA) is 29.3 Å². The Balaban J connectivity index is 3.17. The molecule has 0 amide bonds. The van der Waals surface area contributed by atoms with Crippen LogP contribution in [0, 0.1) is 5.92 Å². The van der Waals surface area contributed by atoms with Crippen molar-refractivity contribution in [1.29, 1.82) is 0 Å². The summed E-state index contributed by atoms with van der Waals surface area (Å²) in [6.07, 6.45) is 0. The van der Waals surface area contributed by atoms with E-state index in [1.807, 2.05) is 11.8 Å². The Labute approximate surface area is 122 Å². The molecule has 3 heteroatoms. The second kappa shape index (κ2) is 7.81. The summed E-state index contributed by atoms with van der Waals surface area (Å²) in [5, 5.41) is 0. The Kier molecular flexibility index (Phi) is 6.73. The van der Waals surface area contributed by atoms with Crippen molar-refractivity contribution < 1.29 is 0 Å². The number of hydrogen-bond acceptors (Lipinski definition) is 3. The van der Waals surface area contributed by atoms with E-state index in [4.69, 9.17) is 5.73 Å². The fourth-order valence-corrected chi connectivity index (χ4v) is 3.15. The summed E-state index contributed by atoms with van der Waals surface area (Å²) in [5.74, 6) is 1.73. The quantitative estimate of drug-likeness (QED) is 0.762. The molecule has 0 saturated carbocycles. The van der Waals surface area contributed by atoms with Gasteiger partial charge in [-0.3, -0.25) is 0 Å². The van der Waals surface area contributed by atoms with Crippen molar-refractivity contribution in [2.75, 3.05) is 17.2 Å². The zero-order valence-electron chi connectivity index (χ0n) is 12.9. The number of benzene rings is 1. The molecule has 0 unspecified atom stereocenters. The molecule has 0 spiro atoms. The largest absolute Gasteiger partial charge is 0.369 e. The van der Waals surface area contributed by atoms with E-state index < -0.39 is 0 Å². The van der Waals surface area contributed by atoms with E-state index in [2.05, 4.69) is 57.7 Å². The molecule has 0 heterocycles. The van der Waals surface area contributed by atoms with Crippen molar-refractivity contribution in [2.24, 2.45) is 11.7 Å². The molecule has 0 saturated heterocycles. The van der Waals surface area contributed by atoms with Crippen molar-refractivity contribution in [3.8, 4) is 0 Å². The molecule has 108 valence electrons. The zero-order valence-corrected chi connectivity index (χ0v) is 13.8. The van der Waals surface area contributed by atoms with Gasteiger partial charge in [0.15, 0.2) is 0 Å². The lowest BCUT2D eigenvalue weighted by Crippen LogP contribution is -2.35. The van der Waals surface area contributed by atoms with Crippen molar-refractivity contribution in [3.63, 3.8) is 0 Å². The van der Waals surface area contributed by atoms with Crippen LogP contribution in [0.2, 0.25) is 0 Å². The third-order valence-corrected chi connectivity index (χ3v) is 4.09. The van der Waals surface area contributed by atoms with Gasteiger partial charge in [-0.05, 0) is 37.7 Å². The molecule has 1 aromatic carbocycles. The van der Waals surface area contributed by atoms with Gasteiger partial charge in [0.2, 0.25) is 0 Å². The Morgan fingerprint density at radius 1 is 1.21 bits per heavy atom. The molecule has 0 atom stereocenters. The van der Waals surface area contributed by atoms with Crippen LogP contribution in [0.1, 0.15) is 40.2 Å². The molecule has 0 fully saturated rings. The minimum Gasteiger partial charge on any atom is -0.369 e. The standard InChI is InChI=1S/C16H28N2S/c1-6-19-16-9-7-8-15(14(16)10-17)18(13(4)5)11-12(2)3/h7-9,12-13H,6,10-11,17H2,1-5H3. The second-order valence-electron chi connectivity index (χ2n) is 5.53. The minimum atomic E-state index is 0.495. The Morgan fingerprint density at radius 3 is 2.37 bits per heavy atom. The molecule has 19 heavy (non-hydrogen) atoms. The molecule has 0 aliphatic rings. The van der Waals surface area contributed by atoms with Crippen LogP contribution in [0.15, 0.2) is 23.1 Å². The van der Waals surface area contributed by atoms with Crippen LogP contribution in [-0.4, -0.2) is 18.3 Å². The van der Waals surface area contributed by atoms with E-state index in [1.165, 1.54) is 16.1 Å². The SMILES string of the molecule is CCSc1cccc(N(CC(C)C)C(C)C)c1CN. The molecule has 2 nitrogen and oxygen atoms in total. The number of nitrogens with two attached hydrogens (primary N) is 1. The maximum Gasteiger partial charge on any atom is 0.0425 e. The summed E-state index contributed by atoms with van der Waals surface area (Å²) < 4.78 is 0. The van der Waals surface area contributed by atoms with E-state index in [1.54, 1.807) is 0 Å². The summed E-state index contributed by atoms with van der Waals surface area (Å²) in [5.41, 5.74) is 8.62. The van der Waals surface area contributed by atoms with Gasteiger partial charge in [-0.25, -0.2) is 0 Å². The van der Waals surface area contributed by atoms with Gasteiger partial charge in [0, 0.05) is 35.3 Å². The van der Waals surface area contributed by atoms with Gasteiger partial charge >= 0.3 is 0 Å². The lowest BCUT2D eigenvalue weighted by Gasteiger charge is -2.33. The molecule has 0 aliphatic carbocycles. The van der Waals surface area contributed by atoms with E-state index in [0.717, 1.165) is 12.3 Å². The van der Waals surface area contributed by atoms with E-state index in [0.29, 0.717) is 18.5 Å². The second-order valence-corrected chi connectivity index (χ2v) is 6.84. The first-order valence-electron chi connectivity index (χ1n) is 7.22. The van der Waals surface area contributed by atoms with Crippen LogP contribution in [0.3, 0.4) is 0 Å². The van der Waals surface area contributed by atoms with E-state index >= 15 is 0 Å². The van der Waals surface area contributed by atoms with Crippen molar-refractivity contribution in [2.45, 2.75) is 52.1 Å². The van der Waals surface area contributed by atoms with E-state index in [9.17, 15) is 0 Å². The number of hydrogen-bond donors (Lipinski definition) is 1. The summed E-state index contributed by atoms with van der Waals surface area (Å²) in [6, 6.07) is 7.05. The first-order chi connectivity index (χ1) is 9.01. The fourth-order valence-electron chi connectivity index (χ4n) is 2.30. The highest BCUT2D eigenvalue weighted by Crippen LogP contribution is 2.32. The van der Waals surface area contributed by atoms with Gasteiger partial charge in [-0.1, -0.05) is 26.8 Å². The molecule has 0 bridgehead atoms. The zero-order chi connectivity index (χ0) is 14.4. The van der Waals surface area contributed by atoms with Gasteiger partial charge in [0.1, 0.15) is 0 Å². The van der Waals surface area contributed by atoms with Crippen LogP contribution in [0.5, 0.6) is 0 Å². The molecule has 1 rings (SSSR count). The number of rotatable bonds is 7. The third-order valence-electron chi connectivity index (χ3n) is 3.11. The van der Waals surface area contributed by atoms with Crippen LogP contribution in [0.25, 0.3) is 0 Å². The predicted molar refractivity (Wildman–Crippen MR) is 88.1 cm³/mol. The highest BCUT2D eigenvalue weighted by atomic mass is 32.2. The Hall–Kier alpha value is -0.670. The highest BCUT2D eigenvalue weighted by Gasteiger charge is 2.17. The summed E-state index contributed by atoms with van der Waals surface area (Å²) in [4.78, 5) is 3.81. The van der Waals surface area contributed by atoms with Gasteiger partial charge in [0.05, 0.1) is 0 Å². The molecular formula is C16H28N2S. The van der Waals surface area contributed by atoms with E-state index in [-0.39, 0.29) is 0 Å². The number of anilines is 1. The van der Waals surface area contributed by atoms with Crippen LogP contribution in [0.4, 0.5) is 5.69 Å². The minimum absolute atomic E-state index is 0.495. The molecule has 0 radical (unpaired) electrons. The fraction of sp³-hybridized carbons (Fsp3) is 0.625. The summed E-state index contributed by atoms with van der Waals surface area (Å²) >= 11 is 1.88. The molecular weight excluding hydrogens is 252 g/mol. The van der Waals surface area contributed by atoms with Gasteiger partial charge in [-0.15, -0.1) is 11.8 Å². The van der Waals surface area contributed by atoms with Gasteiger partial charge in [-0.2, -0.15) is 0 Å². The van der Waals surface area contributed by atoms with Crippen LogP contribution < -0.4 is 10.6 Å². The van der Waals surface area contributed by atoms with Gasteiger partial charge < -0.3 is 10.6 Å². The van der Waals surface area contributed by atoms with Gasteiger partial charge in [0.25, 0.3) is 0 Å². The van der Waals surface area contributed by atoms with Crippen LogP contribution in [-0.2, 0) is 6.54 Å². The van der Waals surface area contributed by atoms with Crippen molar-refractivity contribution in [1.82, 2.24) is 0 Å². The maximum absolute atomic E-state index is 6.01. The molecule has 2 N–H and O–H groups in total. The molecule has 0 aliphatic heterocycles. The predicted octanol–water partition coefficient (Wildman–Crippen LogP) is 4.13. The highest BCUT2D eigenvalue weighted by molar-refractivity contribution is 7.99. The number of thioether (sulfide) groups is 1. The normalized spacial score (nSPS) is 11.4. The summed E-state index contributed by atoms with van der Waals surface area (Å²) in [7, 11) is 0. The average molecular weight is 280 g/mol. The third kappa shape index (κ3) is 4.43. The summed E-state index contributed by atoms with van der Waals surface area (Å²) in [6.45, 7) is 12.9. The number of nitrogens with zero attached hydrogens (tertiary/aromatic N) is 1. The first-order valence-corrected chi connectivity index (χ1v) is 8.21. The maximum atomic E-state index is 6.01. The lowest BCUT2D eigenvalue weighted by molar-refractivity contribution is 0.569. The van der Waals surface area contributed by atoms with Crippen molar-refractivity contribution in [3.05, 3.63) is 23.8 Å². The smallest absolute Gasteiger partial charge is 0.0425 e. The molecule has 1 aromatic rings. The Bertz CT molecular complexity index is 388. The monoisotopic (exact) mass is 280 g/mol. The average Bonchev–Trinajstić information content (AvgIpc) is 2.35.